The van der Waals surface area contributed by atoms with Gasteiger partial charge >= 0.3 is 11.9 Å². The Kier molecular flexibility index (Phi) is 4.16. The van der Waals surface area contributed by atoms with Gasteiger partial charge in [0.25, 0.3) is 0 Å². The Morgan fingerprint density at radius 1 is 1.27 bits per heavy atom. The molecule has 0 aromatic carbocycles. The Labute approximate surface area is 130 Å². The van der Waals surface area contributed by atoms with Gasteiger partial charge in [0.2, 0.25) is 0 Å². The number of rotatable bonds is 4. The van der Waals surface area contributed by atoms with E-state index in [0.29, 0.717) is 16.9 Å². The van der Waals surface area contributed by atoms with Gasteiger partial charge in [0.15, 0.2) is 0 Å². The third-order valence-electron chi connectivity index (χ3n) is 4.43. The van der Waals surface area contributed by atoms with Crippen molar-refractivity contribution in [2.75, 3.05) is 13.1 Å². The topological polar surface area (TPSA) is 55.8 Å². The second-order valence-corrected chi connectivity index (χ2v) is 6.08. The summed E-state index contributed by atoms with van der Waals surface area (Å²) in [4.78, 5) is 25.2. The summed E-state index contributed by atoms with van der Waals surface area (Å²) in [6.07, 6.45) is 8.53. The lowest BCUT2D eigenvalue weighted by molar-refractivity contribution is -0.141. The van der Waals surface area contributed by atoms with E-state index in [2.05, 4.69) is 4.90 Å². The zero-order valence-corrected chi connectivity index (χ0v) is 13.0. The van der Waals surface area contributed by atoms with Crippen LogP contribution in [0.2, 0.25) is 0 Å². The van der Waals surface area contributed by atoms with Crippen LogP contribution < -0.4 is 0 Å². The molecule has 0 aromatic rings. The van der Waals surface area contributed by atoms with Gasteiger partial charge in [-0.15, -0.1) is 0 Å². The fourth-order valence-electron chi connectivity index (χ4n) is 3.22. The molecule has 0 aromatic heterocycles. The van der Waals surface area contributed by atoms with Crippen LogP contribution in [-0.4, -0.2) is 42.1 Å². The molecule has 0 N–H and O–H groups in total. The lowest BCUT2D eigenvalue weighted by Crippen LogP contribution is -2.39. The van der Waals surface area contributed by atoms with Crippen molar-refractivity contribution in [3.8, 4) is 0 Å². The number of ether oxygens (including phenoxy) is 2. The summed E-state index contributed by atoms with van der Waals surface area (Å²) in [5.74, 6) is 0.183. The normalized spacial score (nSPS) is 30.5. The average Bonchev–Trinajstić information content (AvgIpc) is 3.13. The zero-order chi connectivity index (χ0) is 15.7. The molecule has 1 saturated heterocycles. The minimum absolute atomic E-state index is 0.117. The van der Waals surface area contributed by atoms with Crippen LogP contribution in [0.25, 0.3) is 0 Å². The minimum atomic E-state index is -0.260. The molecule has 0 bridgehead atoms. The molecule has 1 fully saturated rings. The molecule has 3 heterocycles. The van der Waals surface area contributed by atoms with E-state index in [1.807, 2.05) is 12.2 Å². The van der Waals surface area contributed by atoms with Crippen LogP contribution in [0.1, 0.15) is 33.1 Å². The van der Waals surface area contributed by atoms with E-state index in [1.54, 1.807) is 19.9 Å². The fourth-order valence-corrected chi connectivity index (χ4v) is 3.22. The number of nitrogens with zero attached hydrogens (tertiary/aromatic N) is 1. The first-order valence-corrected chi connectivity index (χ1v) is 7.78. The smallest absolute Gasteiger partial charge is 0.339 e. The fraction of sp³-hybridized carbons (Fsp3) is 0.529. The van der Waals surface area contributed by atoms with Crippen molar-refractivity contribution in [1.29, 1.82) is 0 Å². The Balaban J connectivity index is 1.55. The highest BCUT2D eigenvalue weighted by atomic mass is 16.6. The van der Waals surface area contributed by atoms with Crippen LogP contribution in [0.4, 0.5) is 0 Å². The number of carbonyl (C=O) groups excluding carboxylic acids is 2. The van der Waals surface area contributed by atoms with Crippen molar-refractivity contribution >= 4 is 11.9 Å². The molecule has 2 atom stereocenters. The monoisotopic (exact) mass is 303 g/mol. The Morgan fingerprint density at radius 3 is 2.73 bits per heavy atom. The molecule has 3 rings (SSSR count). The van der Waals surface area contributed by atoms with Gasteiger partial charge in [-0.2, -0.15) is 0 Å². The van der Waals surface area contributed by atoms with E-state index in [9.17, 15) is 9.59 Å². The number of hydrogen-bond acceptors (Lipinski definition) is 5. The van der Waals surface area contributed by atoms with Gasteiger partial charge in [-0.05, 0) is 57.9 Å². The summed E-state index contributed by atoms with van der Waals surface area (Å²) in [5.41, 5.74) is 1.35. The van der Waals surface area contributed by atoms with Gasteiger partial charge in [-0.1, -0.05) is 0 Å². The van der Waals surface area contributed by atoms with E-state index in [1.165, 1.54) is 0 Å². The predicted molar refractivity (Wildman–Crippen MR) is 80.8 cm³/mol. The Hall–Kier alpha value is -1.88. The van der Waals surface area contributed by atoms with Crippen LogP contribution in [-0.2, 0) is 19.1 Å². The van der Waals surface area contributed by atoms with Crippen molar-refractivity contribution in [3.05, 3.63) is 35.1 Å². The standard InChI is InChI=1S/C17H21NO4/c1-11-9-13(21-16(11)19)5-3-7-18-8-4-6-14(18)15-10-12(2)17(20)22-15/h5,9-10,14-15H,3-4,6-8H2,1-2H3/b13-5-/t14-,15-/m0/s1. The maximum Gasteiger partial charge on any atom is 0.339 e. The second-order valence-electron chi connectivity index (χ2n) is 6.08. The lowest BCUT2D eigenvalue weighted by Gasteiger charge is -2.27. The summed E-state index contributed by atoms with van der Waals surface area (Å²) < 4.78 is 10.6. The summed E-state index contributed by atoms with van der Waals surface area (Å²) in [6.45, 7) is 5.45. The quantitative estimate of drug-likeness (QED) is 0.744. The van der Waals surface area contributed by atoms with Gasteiger partial charge in [-0.3, -0.25) is 4.90 Å². The highest BCUT2D eigenvalue weighted by Gasteiger charge is 2.36. The third kappa shape index (κ3) is 2.99. The first-order valence-electron chi connectivity index (χ1n) is 7.78. The van der Waals surface area contributed by atoms with E-state index in [-0.39, 0.29) is 24.1 Å². The molecule has 0 unspecified atom stereocenters. The number of likely N-dealkylation sites (tertiary alicyclic amines) is 1. The van der Waals surface area contributed by atoms with Crippen LogP contribution in [0.5, 0.6) is 0 Å². The van der Waals surface area contributed by atoms with Gasteiger partial charge in [0.1, 0.15) is 11.9 Å². The van der Waals surface area contributed by atoms with Crippen LogP contribution in [0.15, 0.2) is 35.1 Å². The van der Waals surface area contributed by atoms with E-state index in [4.69, 9.17) is 9.47 Å². The number of allylic oxidation sites excluding steroid dienone is 1. The van der Waals surface area contributed by atoms with Gasteiger partial charge in [0.05, 0.1) is 6.04 Å². The number of esters is 2. The minimum Gasteiger partial charge on any atom is -0.453 e. The summed E-state index contributed by atoms with van der Waals surface area (Å²) in [7, 11) is 0. The van der Waals surface area contributed by atoms with E-state index >= 15 is 0 Å². The van der Waals surface area contributed by atoms with Crippen LogP contribution in [0, 0.1) is 0 Å². The first kappa shape index (κ1) is 15.0. The summed E-state index contributed by atoms with van der Waals surface area (Å²) in [6, 6.07) is 0.267. The summed E-state index contributed by atoms with van der Waals surface area (Å²) >= 11 is 0. The Bertz CT molecular complexity index is 587. The molecule has 3 aliphatic heterocycles. The van der Waals surface area contributed by atoms with Crippen LogP contribution in [0.3, 0.4) is 0 Å². The molecule has 5 nitrogen and oxygen atoms in total. The maximum absolute atomic E-state index is 11.5. The highest BCUT2D eigenvalue weighted by Crippen LogP contribution is 2.27. The van der Waals surface area contributed by atoms with Gasteiger partial charge < -0.3 is 9.47 Å². The number of carbonyl (C=O) groups is 2. The molecular weight excluding hydrogens is 282 g/mol. The largest absolute Gasteiger partial charge is 0.453 e. The highest BCUT2D eigenvalue weighted by molar-refractivity contribution is 5.92. The molecule has 0 amide bonds. The third-order valence-corrected chi connectivity index (χ3v) is 4.43. The lowest BCUT2D eigenvalue weighted by atomic mass is 10.1. The first-order chi connectivity index (χ1) is 10.5. The molecule has 0 aliphatic carbocycles. The molecule has 0 saturated carbocycles. The molecule has 0 radical (unpaired) electrons. The molecule has 22 heavy (non-hydrogen) atoms. The zero-order valence-electron chi connectivity index (χ0n) is 13.0. The molecule has 3 aliphatic rings. The average molecular weight is 303 g/mol. The Morgan fingerprint density at radius 2 is 2.09 bits per heavy atom. The van der Waals surface area contributed by atoms with Crippen molar-refractivity contribution in [2.45, 2.75) is 45.3 Å². The predicted octanol–water partition coefficient (Wildman–Crippen LogP) is 2.10. The molecule has 118 valence electrons. The van der Waals surface area contributed by atoms with Crippen LogP contribution >= 0.6 is 0 Å². The second kappa shape index (κ2) is 6.08. The SMILES string of the molecule is CC1=C/C(=C/CCN2CCC[C@H]2[C@@H]2C=C(C)C(=O)O2)OC1=O. The van der Waals surface area contributed by atoms with Crippen molar-refractivity contribution in [2.24, 2.45) is 0 Å². The van der Waals surface area contributed by atoms with E-state index in [0.717, 1.165) is 32.4 Å². The maximum atomic E-state index is 11.5. The molecule has 0 spiro atoms. The van der Waals surface area contributed by atoms with Gasteiger partial charge in [-0.25, -0.2) is 9.59 Å². The summed E-state index contributed by atoms with van der Waals surface area (Å²) in [5, 5.41) is 0. The van der Waals surface area contributed by atoms with Crippen molar-refractivity contribution in [3.63, 3.8) is 0 Å². The molecule has 5 heteroatoms. The molecular formula is C17H21NO4. The number of hydrogen-bond donors (Lipinski definition) is 0. The van der Waals surface area contributed by atoms with E-state index < -0.39 is 0 Å². The van der Waals surface area contributed by atoms with Crippen molar-refractivity contribution < 1.29 is 19.1 Å². The van der Waals surface area contributed by atoms with Gasteiger partial charge in [0, 0.05) is 17.7 Å². The number of cyclic esters (lactones) is 2. The van der Waals surface area contributed by atoms with Crippen molar-refractivity contribution in [1.82, 2.24) is 4.90 Å².